The van der Waals surface area contributed by atoms with Gasteiger partial charge in [-0.3, -0.25) is 0 Å². The van der Waals surface area contributed by atoms with Crippen LogP contribution in [0.15, 0.2) is 22.8 Å². The van der Waals surface area contributed by atoms with Crippen LogP contribution in [-0.2, 0) is 13.0 Å². The van der Waals surface area contributed by atoms with Crippen LogP contribution >= 0.6 is 15.9 Å². The van der Waals surface area contributed by atoms with Crippen molar-refractivity contribution in [3.05, 3.63) is 34.1 Å². The van der Waals surface area contributed by atoms with Crippen LogP contribution in [0.25, 0.3) is 11.0 Å². The van der Waals surface area contributed by atoms with Gasteiger partial charge in [-0.2, -0.15) is 0 Å². The molecule has 0 spiro atoms. The van der Waals surface area contributed by atoms with Gasteiger partial charge in [-0.05, 0) is 40.5 Å². The highest BCUT2D eigenvalue weighted by Crippen LogP contribution is 2.23. The second kappa shape index (κ2) is 5.36. The number of nitrogens with one attached hydrogen (secondary N) is 1. The van der Waals surface area contributed by atoms with Crippen LogP contribution in [0, 0.1) is 0 Å². The molecule has 104 valence electrons. The molecule has 2 amide bonds. The summed E-state index contributed by atoms with van der Waals surface area (Å²) >= 11 is 3.42. The van der Waals surface area contributed by atoms with Gasteiger partial charge in [-0.15, -0.1) is 0 Å². The van der Waals surface area contributed by atoms with Gasteiger partial charge in [0.25, 0.3) is 0 Å². The highest BCUT2D eigenvalue weighted by Gasteiger charge is 2.21. The number of amides is 2. The Morgan fingerprint density at radius 3 is 3.15 bits per heavy atom. The molecule has 3 heterocycles. The molecular weight excluding hydrogens is 320 g/mol. The third-order valence-electron chi connectivity index (χ3n) is 3.40. The van der Waals surface area contributed by atoms with Crippen LogP contribution in [0.1, 0.15) is 18.2 Å². The zero-order valence-electron chi connectivity index (χ0n) is 11.2. The molecule has 0 atom stereocenters. The number of rotatable bonds is 1. The minimum absolute atomic E-state index is 0.00869. The number of halogens is 1. The van der Waals surface area contributed by atoms with Gasteiger partial charge in [0.2, 0.25) is 0 Å². The van der Waals surface area contributed by atoms with E-state index < -0.39 is 0 Å². The maximum absolute atomic E-state index is 11.9. The maximum Gasteiger partial charge on any atom is 0.317 e. The first-order valence-electron chi connectivity index (χ1n) is 6.64. The molecule has 2 aromatic heterocycles. The first-order chi connectivity index (χ1) is 9.67. The van der Waals surface area contributed by atoms with Crippen LogP contribution in [0.3, 0.4) is 0 Å². The molecule has 0 saturated carbocycles. The normalized spacial score (nSPS) is 14.2. The topological polar surface area (TPSA) is 58.1 Å². The van der Waals surface area contributed by atoms with E-state index in [1.807, 2.05) is 17.9 Å². The monoisotopic (exact) mass is 334 g/mol. The molecule has 0 saturated heterocycles. The van der Waals surface area contributed by atoms with Gasteiger partial charge < -0.3 is 10.2 Å². The highest BCUT2D eigenvalue weighted by molar-refractivity contribution is 9.10. The lowest BCUT2D eigenvalue weighted by atomic mass is 10.0. The van der Waals surface area contributed by atoms with Gasteiger partial charge in [0.05, 0.1) is 0 Å². The van der Waals surface area contributed by atoms with Gasteiger partial charge in [0.1, 0.15) is 0 Å². The Morgan fingerprint density at radius 1 is 1.50 bits per heavy atom. The Balaban J connectivity index is 1.94. The van der Waals surface area contributed by atoms with E-state index in [1.54, 1.807) is 6.20 Å². The summed E-state index contributed by atoms with van der Waals surface area (Å²) in [4.78, 5) is 22.7. The minimum atomic E-state index is -0.00869. The summed E-state index contributed by atoms with van der Waals surface area (Å²) in [6, 6.07) is 4.08. The lowest BCUT2D eigenvalue weighted by Gasteiger charge is -2.28. The predicted molar refractivity (Wildman–Crippen MR) is 80.4 cm³/mol. The van der Waals surface area contributed by atoms with E-state index >= 15 is 0 Å². The predicted octanol–water partition coefficient (Wildman–Crippen LogP) is 2.48. The number of fused-ring (bicyclic) bond motifs is 2. The Hall–Kier alpha value is -1.69. The lowest BCUT2D eigenvalue weighted by molar-refractivity contribution is 0.192. The van der Waals surface area contributed by atoms with Gasteiger partial charge >= 0.3 is 6.03 Å². The molecule has 1 N–H and O–H groups in total. The van der Waals surface area contributed by atoms with E-state index in [-0.39, 0.29) is 6.03 Å². The molecular formula is C14H15BrN4O. The van der Waals surface area contributed by atoms with Crippen LogP contribution < -0.4 is 5.32 Å². The standard InChI is InChI=1S/C14H15BrN4O/c1-2-16-14(20)19-4-3-12-10(8-19)5-9-6-11(15)7-17-13(9)18-12/h5-7H,2-4,8H2,1H3,(H,16,20). The summed E-state index contributed by atoms with van der Waals surface area (Å²) in [6.07, 6.45) is 2.53. The molecule has 0 fully saturated rings. The number of carbonyl (C=O) groups is 1. The van der Waals surface area contributed by atoms with Gasteiger partial charge in [0, 0.05) is 47.8 Å². The summed E-state index contributed by atoms with van der Waals surface area (Å²) in [6.45, 7) is 3.88. The zero-order chi connectivity index (χ0) is 14.1. The molecule has 1 aliphatic heterocycles. The van der Waals surface area contributed by atoms with Gasteiger partial charge in [0.15, 0.2) is 5.65 Å². The van der Waals surface area contributed by atoms with Crippen LogP contribution in [0.2, 0.25) is 0 Å². The average molecular weight is 335 g/mol. The molecule has 20 heavy (non-hydrogen) atoms. The van der Waals surface area contributed by atoms with Crippen molar-refractivity contribution < 1.29 is 4.79 Å². The second-order valence-corrected chi connectivity index (χ2v) is 5.72. The molecule has 1 aliphatic rings. The molecule has 0 unspecified atom stereocenters. The van der Waals surface area contributed by atoms with Crippen molar-refractivity contribution in [3.8, 4) is 0 Å². The molecule has 0 aromatic carbocycles. The van der Waals surface area contributed by atoms with Gasteiger partial charge in [-0.1, -0.05) is 0 Å². The molecule has 2 aromatic rings. The molecule has 6 heteroatoms. The van der Waals surface area contributed by atoms with Crippen molar-refractivity contribution in [2.75, 3.05) is 13.1 Å². The maximum atomic E-state index is 11.9. The quantitative estimate of drug-likeness (QED) is 0.871. The fourth-order valence-electron chi connectivity index (χ4n) is 2.43. The molecule has 0 bridgehead atoms. The molecule has 0 radical (unpaired) electrons. The van der Waals surface area contributed by atoms with E-state index in [9.17, 15) is 4.79 Å². The largest absolute Gasteiger partial charge is 0.338 e. The summed E-state index contributed by atoms with van der Waals surface area (Å²) in [5.41, 5.74) is 2.92. The summed E-state index contributed by atoms with van der Waals surface area (Å²) in [5, 5.41) is 3.84. The van der Waals surface area contributed by atoms with Crippen LogP contribution in [0.4, 0.5) is 4.79 Å². The highest BCUT2D eigenvalue weighted by atomic mass is 79.9. The minimum Gasteiger partial charge on any atom is -0.338 e. The number of aromatic nitrogens is 2. The molecule has 3 rings (SSSR count). The van der Waals surface area contributed by atoms with Crippen molar-refractivity contribution in [1.29, 1.82) is 0 Å². The third kappa shape index (κ3) is 2.47. The van der Waals surface area contributed by atoms with Crippen molar-refractivity contribution in [1.82, 2.24) is 20.2 Å². The van der Waals surface area contributed by atoms with Gasteiger partial charge in [-0.25, -0.2) is 14.8 Å². The first kappa shape index (κ1) is 13.3. The summed E-state index contributed by atoms with van der Waals surface area (Å²) in [5.74, 6) is 0. The second-order valence-electron chi connectivity index (χ2n) is 4.80. The lowest BCUT2D eigenvalue weighted by Crippen LogP contribution is -2.42. The van der Waals surface area contributed by atoms with Crippen molar-refractivity contribution >= 4 is 33.0 Å². The number of hydrogen-bond donors (Lipinski definition) is 1. The first-order valence-corrected chi connectivity index (χ1v) is 7.43. The van der Waals surface area contributed by atoms with Crippen molar-refractivity contribution in [3.63, 3.8) is 0 Å². The van der Waals surface area contributed by atoms with E-state index in [0.29, 0.717) is 19.6 Å². The smallest absolute Gasteiger partial charge is 0.317 e. The Morgan fingerprint density at radius 2 is 2.35 bits per heavy atom. The number of nitrogens with zero attached hydrogens (tertiary/aromatic N) is 3. The average Bonchev–Trinajstić information content (AvgIpc) is 2.44. The van der Waals surface area contributed by atoms with Crippen molar-refractivity contribution in [2.24, 2.45) is 0 Å². The number of pyridine rings is 2. The van der Waals surface area contributed by atoms with E-state index in [1.165, 1.54) is 0 Å². The third-order valence-corrected chi connectivity index (χ3v) is 3.83. The SMILES string of the molecule is CCNC(=O)N1CCc2nc3ncc(Br)cc3cc2C1. The summed E-state index contributed by atoms with van der Waals surface area (Å²) in [7, 11) is 0. The Kier molecular flexibility index (Phi) is 3.56. The molecule has 5 nitrogen and oxygen atoms in total. The number of carbonyl (C=O) groups excluding carboxylic acids is 1. The van der Waals surface area contributed by atoms with Crippen LogP contribution in [0.5, 0.6) is 0 Å². The molecule has 0 aliphatic carbocycles. The Labute approximate surface area is 125 Å². The summed E-state index contributed by atoms with van der Waals surface area (Å²) < 4.78 is 0.933. The van der Waals surface area contributed by atoms with Crippen LogP contribution in [-0.4, -0.2) is 34.0 Å². The van der Waals surface area contributed by atoms with E-state index in [4.69, 9.17) is 0 Å². The Bertz CT molecular complexity index is 674. The van der Waals surface area contributed by atoms with E-state index in [0.717, 1.165) is 33.2 Å². The van der Waals surface area contributed by atoms with Crippen molar-refractivity contribution in [2.45, 2.75) is 19.9 Å². The number of hydrogen-bond acceptors (Lipinski definition) is 3. The van der Waals surface area contributed by atoms with E-state index in [2.05, 4.69) is 37.3 Å². The number of urea groups is 1. The zero-order valence-corrected chi connectivity index (χ0v) is 12.8. The fraction of sp³-hybridized carbons (Fsp3) is 0.357. The fourth-order valence-corrected chi connectivity index (χ4v) is 2.78.